The third-order valence-electron chi connectivity index (χ3n) is 13.9. The minimum atomic E-state index is -0.986. The number of unbranched alkanes of at least 4 members (excludes halogenated alkanes) is 2. The fraction of sp³-hybridized carbons (Fsp3) is 0.684. The number of nitrogens with zero attached hydrogens (tertiary/aromatic N) is 10. The van der Waals surface area contributed by atoms with Gasteiger partial charge in [-0.2, -0.15) is 0 Å². The number of aliphatic imine (C=N–C) groups is 2. The molecule has 0 bridgehead atoms. The van der Waals surface area contributed by atoms with Crippen molar-refractivity contribution >= 4 is 35.2 Å². The molecule has 2 N–H and O–H groups in total. The van der Waals surface area contributed by atoms with Crippen LogP contribution in [0.1, 0.15) is 99.3 Å². The van der Waals surface area contributed by atoms with Gasteiger partial charge in [-0.05, 0) is 135 Å². The number of carboxylic acid groups (broad SMARTS) is 1. The number of azide groups is 2. The summed E-state index contributed by atoms with van der Waals surface area (Å²) in [6.07, 6.45) is 11.4. The molecule has 26 heteroatoms. The van der Waals surface area contributed by atoms with E-state index in [2.05, 4.69) is 30.0 Å². The Hall–Kier alpha value is -5.80. The topological polar surface area (TPSA) is 330 Å². The Bertz CT molecular complexity index is 2410. The predicted octanol–water partition coefficient (Wildman–Crippen LogP) is 4.53. The molecule has 0 fully saturated rings. The first kappa shape index (κ1) is 71.5. The van der Waals surface area contributed by atoms with E-state index in [-0.39, 0.29) is 55.5 Å². The second-order valence-corrected chi connectivity index (χ2v) is 19.9. The average molecular weight is 1160 g/mol. The Labute approximate surface area is 499 Å². The van der Waals surface area contributed by atoms with Crippen molar-refractivity contribution in [1.82, 2.24) is 9.80 Å². The molecule has 25 nitrogen and oxygen atoms in total. The minimum Gasteiger partial charge on any atom is -0.870 e. The number of carboxylic acids is 1. The second-order valence-electron chi connectivity index (χ2n) is 19.9. The maximum atomic E-state index is 13.4. The van der Waals surface area contributed by atoms with Crippen molar-refractivity contribution < 1.29 is 91.3 Å². The number of carbonyl (C=O) groups excluding carboxylic acids is 3. The smallest absolute Gasteiger partial charge is 0.870 e. The number of carbonyl (C=O) groups is 4. The Kier molecular flexibility index (Phi) is 37.7. The number of rotatable bonds is 40. The van der Waals surface area contributed by atoms with E-state index < -0.39 is 23.8 Å². The van der Waals surface area contributed by atoms with E-state index in [1.54, 1.807) is 9.80 Å². The van der Waals surface area contributed by atoms with Crippen LogP contribution in [0.3, 0.4) is 0 Å². The summed E-state index contributed by atoms with van der Waals surface area (Å²) in [6.45, 7) is 9.86. The molecule has 6 rings (SSSR count). The SMILES string of the molecule is COC(=O)C[C@@H]1Cc2ccc(OCCCCC3=NCCC3)cc2CN(CCOCCOCCOCCN=[N+]=[N-])C1=O.[Li+].[N-]=[N+]=NCCOCCOCCOCCN1Cc2cc(OCCCCC3=NCCC3)ccc2C[C@@H](CC(=O)O)C1=O.[OH-]. The van der Waals surface area contributed by atoms with E-state index in [1.807, 2.05) is 36.4 Å². The first-order valence-electron chi connectivity index (χ1n) is 28.5. The fourth-order valence-electron chi connectivity index (χ4n) is 9.64. The Morgan fingerprint density at radius 2 is 1.00 bits per heavy atom. The zero-order chi connectivity index (χ0) is 57.5. The van der Waals surface area contributed by atoms with Crippen molar-refractivity contribution in [3.05, 3.63) is 79.5 Å². The maximum absolute atomic E-state index is 13.4. The Morgan fingerprint density at radius 1 is 0.590 bits per heavy atom. The van der Waals surface area contributed by atoms with Gasteiger partial charge in [-0.1, -0.05) is 22.4 Å². The molecule has 4 heterocycles. The molecule has 2 atom stereocenters. The van der Waals surface area contributed by atoms with Gasteiger partial charge in [0.1, 0.15) is 11.5 Å². The summed E-state index contributed by atoms with van der Waals surface area (Å²) >= 11 is 0. The molecule has 2 aromatic rings. The first-order valence-corrected chi connectivity index (χ1v) is 28.5. The van der Waals surface area contributed by atoms with E-state index in [1.165, 1.54) is 31.4 Å². The van der Waals surface area contributed by atoms with Gasteiger partial charge in [-0.3, -0.25) is 29.2 Å². The third-order valence-corrected chi connectivity index (χ3v) is 13.9. The summed E-state index contributed by atoms with van der Waals surface area (Å²) in [6, 6.07) is 11.8. The van der Waals surface area contributed by atoms with Crippen LogP contribution < -0.4 is 28.3 Å². The summed E-state index contributed by atoms with van der Waals surface area (Å²) in [5.41, 5.74) is 23.1. The van der Waals surface area contributed by atoms with Gasteiger partial charge in [-0.15, -0.1) is 0 Å². The number of esters is 1. The summed E-state index contributed by atoms with van der Waals surface area (Å²) in [5, 5.41) is 16.2. The monoisotopic (exact) mass is 1160 g/mol. The summed E-state index contributed by atoms with van der Waals surface area (Å²) in [5.74, 6) is -1.20. The Balaban J connectivity index is 0.000000425. The van der Waals surface area contributed by atoms with Crippen LogP contribution in [0.15, 0.2) is 56.6 Å². The van der Waals surface area contributed by atoms with E-state index >= 15 is 0 Å². The van der Waals surface area contributed by atoms with Gasteiger partial charge in [0, 0.05) is 73.6 Å². The summed E-state index contributed by atoms with van der Waals surface area (Å²) in [7, 11) is 1.34. The minimum absolute atomic E-state index is 0. The van der Waals surface area contributed by atoms with Crippen LogP contribution in [-0.2, 0) is 78.3 Å². The number of methoxy groups -OCH3 is 1. The number of ether oxygens (including phenoxy) is 9. The van der Waals surface area contributed by atoms with Gasteiger partial charge in [0.15, 0.2) is 0 Å². The number of aliphatic carboxylic acids is 1. The number of benzene rings is 2. The molecule has 0 aliphatic carbocycles. The predicted molar refractivity (Wildman–Crippen MR) is 304 cm³/mol. The largest absolute Gasteiger partial charge is 1.00 e. The van der Waals surface area contributed by atoms with Crippen LogP contribution in [-0.4, -0.2) is 194 Å². The zero-order valence-corrected chi connectivity index (χ0v) is 48.7. The summed E-state index contributed by atoms with van der Waals surface area (Å²) in [4.78, 5) is 67.9. The van der Waals surface area contributed by atoms with Gasteiger partial charge in [0.25, 0.3) is 0 Å². The number of hydrogen-bond acceptors (Lipinski definition) is 18. The number of hydrogen-bond donors (Lipinski definition) is 1. The van der Waals surface area contributed by atoms with Crippen LogP contribution in [0.2, 0.25) is 0 Å². The first-order chi connectivity index (χ1) is 39.7. The van der Waals surface area contributed by atoms with E-state index in [9.17, 15) is 24.3 Å². The quantitative estimate of drug-likeness (QED) is 0.0239. The molecule has 4 aliphatic rings. The molecule has 0 unspecified atom stereocenters. The molecule has 0 radical (unpaired) electrons. The van der Waals surface area contributed by atoms with E-state index in [0.29, 0.717) is 138 Å². The number of fused-ring (bicyclic) bond motifs is 2. The van der Waals surface area contributed by atoms with Crippen molar-refractivity contribution in [2.75, 3.05) is 139 Å². The van der Waals surface area contributed by atoms with Gasteiger partial charge in [0.2, 0.25) is 11.8 Å². The molecule has 0 spiro atoms. The molecule has 4 aliphatic heterocycles. The van der Waals surface area contributed by atoms with Crippen LogP contribution in [0.4, 0.5) is 0 Å². The van der Waals surface area contributed by atoms with E-state index in [0.717, 1.165) is 98.2 Å². The molecule has 0 aromatic heterocycles. The number of amides is 2. The molecular formula is C57H85LiN10O15. The molecule has 454 valence electrons. The van der Waals surface area contributed by atoms with Gasteiger partial charge >= 0.3 is 30.8 Å². The molecule has 2 aromatic carbocycles. The van der Waals surface area contributed by atoms with Gasteiger partial charge in [-0.25, -0.2) is 0 Å². The normalized spacial score (nSPS) is 16.2. The maximum Gasteiger partial charge on any atom is 1.00 e. The van der Waals surface area contributed by atoms with Crippen LogP contribution in [0, 0.1) is 11.8 Å². The Morgan fingerprint density at radius 3 is 1.39 bits per heavy atom. The fourth-order valence-corrected chi connectivity index (χ4v) is 9.64. The molecule has 2 amide bonds. The van der Waals surface area contributed by atoms with Crippen molar-refractivity contribution in [2.45, 2.75) is 103 Å². The standard InChI is InChI=1S/C29H43N5O7.C28H41N5O7.Li.H2O/c1-37-28(35)21-24-19-23-7-8-27(41-12-3-2-5-26-6-4-9-31-26)20-25(23)22-34(29(24)36)11-14-39-16-18-40-17-15-38-13-10-32-33-30;29-32-31-9-12-37-14-16-39-17-15-38-13-10-33-21-24-19-26(40-11-2-1-4-25-5-3-8-30-25)7-6-22(24)18-23(28(33)36)20-27(34)35;;/h7-8,20,24H,2-6,9-19,21-22H2,1H3;6-7,19,23H,1-5,8-18,20-21H2,(H,34,35);;1H2/q;;+1;/p-1/t24-;23-;;/m00../s1. The van der Waals surface area contributed by atoms with Crippen molar-refractivity contribution in [3.8, 4) is 11.5 Å². The second kappa shape index (κ2) is 43.8. The van der Waals surface area contributed by atoms with Gasteiger partial charge in [0.05, 0.1) is 124 Å². The van der Waals surface area contributed by atoms with Crippen molar-refractivity contribution in [3.63, 3.8) is 0 Å². The van der Waals surface area contributed by atoms with Crippen LogP contribution >= 0.6 is 0 Å². The van der Waals surface area contributed by atoms with Crippen LogP contribution in [0.5, 0.6) is 11.5 Å². The average Bonchev–Trinajstić information content (AvgIpc) is 4.39. The summed E-state index contributed by atoms with van der Waals surface area (Å²) < 4.78 is 49.7. The molecule has 0 saturated carbocycles. The van der Waals surface area contributed by atoms with Crippen molar-refractivity contribution in [1.29, 1.82) is 0 Å². The third kappa shape index (κ3) is 29.0. The van der Waals surface area contributed by atoms with E-state index in [4.69, 9.17) is 53.7 Å². The molecule has 83 heavy (non-hydrogen) atoms. The molecular weight excluding hydrogens is 1070 g/mol. The van der Waals surface area contributed by atoms with Crippen LogP contribution in [0.25, 0.3) is 20.9 Å². The van der Waals surface area contributed by atoms with Crippen molar-refractivity contribution in [2.24, 2.45) is 32.0 Å². The zero-order valence-electron chi connectivity index (χ0n) is 48.7. The van der Waals surface area contributed by atoms with Gasteiger partial charge < -0.3 is 63.0 Å². The molecule has 0 saturated heterocycles.